The van der Waals surface area contributed by atoms with Crippen molar-refractivity contribution in [2.45, 2.75) is 13.2 Å². The van der Waals surface area contributed by atoms with E-state index in [9.17, 15) is 0 Å². The van der Waals surface area contributed by atoms with E-state index in [0.29, 0.717) is 24.8 Å². The lowest BCUT2D eigenvalue weighted by atomic mass is 10.1. The van der Waals surface area contributed by atoms with Crippen molar-refractivity contribution in [2.24, 2.45) is 0 Å². The van der Waals surface area contributed by atoms with Gasteiger partial charge in [0.1, 0.15) is 18.2 Å². The molecule has 3 aromatic carbocycles. The number of nitrogens with zero attached hydrogens (tertiary/aromatic N) is 2. The number of hydrogen-bond acceptors (Lipinski definition) is 3. The lowest BCUT2D eigenvalue weighted by Gasteiger charge is -2.11. The highest BCUT2D eigenvalue weighted by Gasteiger charge is 2.12. The standard InChI is InChI=1S/C21H19ClN2O2/c1-25-12-11-24-19-10-9-16(22)13-18(19)23-21(24)14-26-20-8-4-6-15-5-2-3-7-17(15)20/h2-10,13H,11-12,14H2,1H3. The summed E-state index contributed by atoms with van der Waals surface area (Å²) in [6.45, 7) is 1.70. The Labute approximate surface area is 156 Å². The third-order valence-corrected chi connectivity index (χ3v) is 4.65. The van der Waals surface area contributed by atoms with Crippen LogP contribution in [-0.2, 0) is 17.9 Å². The van der Waals surface area contributed by atoms with Gasteiger partial charge < -0.3 is 14.0 Å². The summed E-state index contributed by atoms with van der Waals surface area (Å²) < 4.78 is 13.5. The van der Waals surface area contributed by atoms with Gasteiger partial charge in [0.25, 0.3) is 0 Å². The number of hydrogen-bond donors (Lipinski definition) is 0. The smallest absolute Gasteiger partial charge is 0.148 e. The molecule has 0 aliphatic heterocycles. The van der Waals surface area contributed by atoms with Crippen LogP contribution in [0.4, 0.5) is 0 Å². The van der Waals surface area contributed by atoms with E-state index in [0.717, 1.165) is 33.4 Å². The molecule has 4 nitrogen and oxygen atoms in total. The highest BCUT2D eigenvalue weighted by molar-refractivity contribution is 6.31. The van der Waals surface area contributed by atoms with Gasteiger partial charge in [-0.05, 0) is 29.7 Å². The van der Waals surface area contributed by atoms with Crippen LogP contribution in [0, 0.1) is 0 Å². The number of ether oxygens (including phenoxy) is 2. The fourth-order valence-electron chi connectivity index (χ4n) is 3.16. The van der Waals surface area contributed by atoms with E-state index in [-0.39, 0.29) is 0 Å². The van der Waals surface area contributed by atoms with Crippen LogP contribution in [0.2, 0.25) is 5.02 Å². The molecule has 0 bridgehead atoms. The van der Waals surface area contributed by atoms with Gasteiger partial charge >= 0.3 is 0 Å². The number of halogens is 1. The topological polar surface area (TPSA) is 36.3 Å². The second-order valence-corrected chi connectivity index (χ2v) is 6.51. The van der Waals surface area contributed by atoms with E-state index in [2.05, 4.69) is 22.8 Å². The van der Waals surface area contributed by atoms with Gasteiger partial charge in [-0.3, -0.25) is 0 Å². The summed E-state index contributed by atoms with van der Waals surface area (Å²) in [7, 11) is 1.70. The van der Waals surface area contributed by atoms with E-state index < -0.39 is 0 Å². The molecule has 0 atom stereocenters. The van der Waals surface area contributed by atoms with Gasteiger partial charge in [-0.2, -0.15) is 0 Å². The molecule has 4 aromatic rings. The van der Waals surface area contributed by atoms with Crippen molar-refractivity contribution in [3.05, 3.63) is 71.5 Å². The monoisotopic (exact) mass is 366 g/mol. The molecule has 0 radical (unpaired) electrons. The van der Waals surface area contributed by atoms with Gasteiger partial charge in [0.05, 0.1) is 17.6 Å². The minimum Gasteiger partial charge on any atom is -0.485 e. The molecule has 0 saturated heterocycles. The van der Waals surface area contributed by atoms with Gasteiger partial charge in [0.15, 0.2) is 0 Å². The Bertz CT molecular complexity index is 1050. The Kier molecular flexibility index (Phi) is 4.78. The average molecular weight is 367 g/mol. The molecule has 4 rings (SSSR count). The Morgan fingerprint density at radius 2 is 1.88 bits per heavy atom. The molecule has 0 saturated carbocycles. The Hall–Kier alpha value is -2.56. The summed E-state index contributed by atoms with van der Waals surface area (Å²) in [6.07, 6.45) is 0. The molecular formula is C21H19ClN2O2. The molecular weight excluding hydrogens is 348 g/mol. The first-order chi connectivity index (χ1) is 12.8. The van der Waals surface area contributed by atoms with Crippen LogP contribution in [0.1, 0.15) is 5.82 Å². The maximum atomic E-state index is 6.13. The lowest BCUT2D eigenvalue weighted by molar-refractivity contribution is 0.185. The van der Waals surface area contributed by atoms with Crippen LogP contribution in [0.3, 0.4) is 0 Å². The van der Waals surface area contributed by atoms with E-state index in [1.807, 2.05) is 42.5 Å². The van der Waals surface area contributed by atoms with Crippen LogP contribution in [-0.4, -0.2) is 23.3 Å². The highest BCUT2D eigenvalue weighted by atomic mass is 35.5. The highest BCUT2D eigenvalue weighted by Crippen LogP contribution is 2.27. The summed E-state index contributed by atoms with van der Waals surface area (Å²) in [4.78, 5) is 4.72. The maximum Gasteiger partial charge on any atom is 0.148 e. The van der Waals surface area contributed by atoms with E-state index in [1.54, 1.807) is 7.11 Å². The Morgan fingerprint density at radius 1 is 1.04 bits per heavy atom. The molecule has 5 heteroatoms. The normalized spacial score (nSPS) is 11.3. The van der Waals surface area contributed by atoms with Gasteiger partial charge in [0.2, 0.25) is 0 Å². The first-order valence-electron chi connectivity index (χ1n) is 8.50. The summed E-state index contributed by atoms with van der Waals surface area (Å²) in [5, 5.41) is 2.93. The number of fused-ring (bicyclic) bond motifs is 2. The number of benzene rings is 3. The molecule has 0 aliphatic carbocycles. The minimum atomic E-state index is 0.379. The molecule has 0 aliphatic rings. The number of rotatable bonds is 6. The Balaban J connectivity index is 1.67. The van der Waals surface area contributed by atoms with E-state index >= 15 is 0 Å². The van der Waals surface area contributed by atoms with E-state index in [4.69, 9.17) is 26.1 Å². The molecule has 132 valence electrons. The molecule has 0 N–H and O–H groups in total. The zero-order valence-corrected chi connectivity index (χ0v) is 15.2. The lowest BCUT2D eigenvalue weighted by Crippen LogP contribution is -2.10. The third-order valence-electron chi connectivity index (χ3n) is 4.41. The first kappa shape index (κ1) is 16.9. The molecule has 0 unspecified atom stereocenters. The van der Waals surface area contributed by atoms with Gasteiger partial charge in [-0.25, -0.2) is 4.98 Å². The molecule has 1 aromatic heterocycles. The van der Waals surface area contributed by atoms with Crippen LogP contribution >= 0.6 is 11.6 Å². The van der Waals surface area contributed by atoms with Crippen LogP contribution in [0.15, 0.2) is 60.7 Å². The van der Waals surface area contributed by atoms with Crippen molar-refractivity contribution < 1.29 is 9.47 Å². The predicted octanol–water partition coefficient (Wildman–Crippen LogP) is 5.07. The van der Waals surface area contributed by atoms with Crippen LogP contribution < -0.4 is 4.74 Å². The Morgan fingerprint density at radius 3 is 2.77 bits per heavy atom. The summed E-state index contributed by atoms with van der Waals surface area (Å²) in [5.41, 5.74) is 1.90. The van der Waals surface area contributed by atoms with Crippen molar-refractivity contribution in [2.75, 3.05) is 13.7 Å². The maximum absolute atomic E-state index is 6.13. The summed E-state index contributed by atoms with van der Waals surface area (Å²) in [6, 6.07) is 20.0. The SMILES string of the molecule is COCCn1c(COc2cccc3ccccc23)nc2cc(Cl)ccc21. The van der Waals surface area contributed by atoms with Gasteiger partial charge in [-0.1, -0.05) is 48.0 Å². The number of aromatic nitrogens is 2. The zero-order chi connectivity index (χ0) is 17.9. The van der Waals surface area contributed by atoms with Crippen LogP contribution in [0.5, 0.6) is 5.75 Å². The molecule has 1 heterocycles. The second kappa shape index (κ2) is 7.36. The molecule has 0 spiro atoms. The van der Waals surface area contributed by atoms with Crippen molar-refractivity contribution in [1.82, 2.24) is 9.55 Å². The molecule has 26 heavy (non-hydrogen) atoms. The zero-order valence-electron chi connectivity index (χ0n) is 14.5. The average Bonchev–Trinajstić information content (AvgIpc) is 3.01. The van der Waals surface area contributed by atoms with Gasteiger partial charge in [0, 0.05) is 24.1 Å². The number of methoxy groups -OCH3 is 1. The summed E-state index contributed by atoms with van der Waals surface area (Å²) in [5.74, 6) is 1.71. The van der Waals surface area contributed by atoms with Gasteiger partial charge in [-0.15, -0.1) is 0 Å². The third kappa shape index (κ3) is 3.26. The minimum absolute atomic E-state index is 0.379. The van der Waals surface area contributed by atoms with Crippen molar-refractivity contribution in [3.8, 4) is 5.75 Å². The second-order valence-electron chi connectivity index (χ2n) is 6.07. The van der Waals surface area contributed by atoms with Crippen molar-refractivity contribution in [1.29, 1.82) is 0 Å². The predicted molar refractivity (Wildman–Crippen MR) is 105 cm³/mol. The number of imidazole rings is 1. The molecule has 0 amide bonds. The summed E-state index contributed by atoms with van der Waals surface area (Å²) >= 11 is 6.12. The van der Waals surface area contributed by atoms with Crippen molar-refractivity contribution in [3.63, 3.8) is 0 Å². The fraction of sp³-hybridized carbons (Fsp3) is 0.190. The quantitative estimate of drug-likeness (QED) is 0.478. The van der Waals surface area contributed by atoms with E-state index in [1.165, 1.54) is 0 Å². The molecule has 0 fully saturated rings. The fourth-order valence-corrected chi connectivity index (χ4v) is 3.33. The first-order valence-corrected chi connectivity index (χ1v) is 8.88. The van der Waals surface area contributed by atoms with Crippen molar-refractivity contribution >= 4 is 33.4 Å². The largest absolute Gasteiger partial charge is 0.485 e. The van der Waals surface area contributed by atoms with Crippen LogP contribution in [0.25, 0.3) is 21.8 Å².